The third-order valence-electron chi connectivity index (χ3n) is 2.84. The first-order valence-electron chi connectivity index (χ1n) is 5.96. The highest BCUT2D eigenvalue weighted by Gasteiger charge is 2.39. The summed E-state index contributed by atoms with van der Waals surface area (Å²) >= 11 is 0. The Balaban J connectivity index is 2.15. The summed E-state index contributed by atoms with van der Waals surface area (Å²) in [6, 6.07) is 4.99. The molecule has 0 saturated carbocycles. The second kappa shape index (κ2) is 4.49. The molecule has 18 heavy (non-hydrogen) atoms. The van der Waals surface area contributed by atoms with Crippen molar-refractivity contribution in [3.63, 3.8) is 0 Å². The zero-order valence-electron chi connectivity index (χ0n) is 10.6. The normalized spacial score (nSPS) is 17.2. The van der Waals surface area contributed by atoms with Crippen LogP contribution in [0.2, 0.25) is 0 Å². The summed E-state index contributed by atoms with van der Waals surface area (Å²) in [7, 11) is 0. The molecule has 0 bridgehead atoms. The van der Waals surface area contributed by atoms with Crippen LogP contribution in [-0.2, 0) is 0 Å². The van der Waals surface area contributed by atoms with Crippen molar-refractivity contribution in [2.75, 3.05) is 25.4 Å². The summed E-state index contributed by atoms with van der Waals surface area (Å²) in [5.74, 6) is 0.461. The summed E-state index contributed by atoms with van der Waals surface area (Å²) in [6.45, 7) is 4.81. The summed E-state index contributed by atoms with van der Waals surface area (Å²) < 4.78 is 5.35. The number of hydrogen-bond donors (Lipinski definition) is 2. The molecule has 3 N–H and O–H groups in total. The summed E-state index contributed by atoms with van der Waals surface area (Å²) in [6.07, 6.45) is 0. The number of aliphatic hydroxyl groups is 1. The lowest BCUT2D eigenvalue weighted by Gasteiger charge is -2.44. The van der Waals surface area contributed by atoms with Crippen LogP contribution in [0.25, 0.3) is 0 Å². The predicted molar refractivity (Wildman–Crippen MR) is 68.6 cm³/mol. The second-order valence-electron chi connectivity index (χ2n) is 4.88. The standard InChI is InChI=1S/C13H18N2O3/c1-3-18-11-5-9(4-10(14)6-11)12(16)15-7-13(2,17)8-15/h4-6,17H,3,7-8,14H2,1-2H3. The summed E-state index contributed by atoms with van der Waals surface area (Å²) in [4.78, 5) is 13.7. The molecule has 0 unspecified atom stereocenters. The molecule has 0 atom stereocenters. The fourth-order valence-electron chi connectivity index (χ4n) is 2.10. The van der Waals surface area contributed by atoms with Crippen LogP contribution in [0.5, 0.6) is 5.75 Å². The summed E-state index contributed by atoms with van der Waals surface area (Å²) in [5, 5.41) is 9.63. The van der Waals surface area contributed by atoms with E-state index in [4.69, 9.17) is 10.5 Å². The van der Waals surface area contributed by atoms with Gasteiger partial charge in [-0.15, -0.1) is 0 Å². The molecular formula is C13H18N2O3. The van der Waals surface area contributed by atoms with Crippen LogP contribution in [0, 0.1) is 0 Å². The Morgan fingerprint density at radius 3 is 2.72 bits per heavy atom. The van der Waals surface area contributed by atoms with Gasteiger partial charge in [-0.25, -0.2) is 0 Å². The van der Waals surface area contributed by atoms with Gasteiger partial charge in [-0.3, -0.25) is 4.79 Å². The number of nitrogens with zero attached hydrogens (tertiary/aromatic N) is 1. The topological polar surface area (TPSA) is 75.8 Å². The number of likely N-dealkylation sites (tertiary alicyclic amines) is 1. The Morgan fingerprint density at radius 2 is 2.17 bits per heavy atom. The largest absolute Gasteiger partial charge is 0.494 e. The molecule has 1 aromatic rings. The number of rotatable bonds is 3. The number of amides is 1. The Morgan fingerprint density at radius 1 is 1.50 bits per heavy atom. The Bertz CT molecular complexity index is 463. The lowest BCUT2D eigenvalue weighted by atomic mass is 9.96. The molecule has 1 fully saturated rings. The van der Waals surface area contributed by atoms with Crippen LogP contribution in [-0.4, -0.2) is 41.2 Å². The number of hydrogen-bond acceptors (Lipinski definition) is 4. The van der Waals surface area contributed by atoms with Gasteiger partial charge in [-0.2, -0.15) is 0 Å². The van der Waals surface area contributed by atoms with Gasteiger partial charge in [-0.05, 0) is 26.0 Å². The number of ether oxygens (including phenoxy) is 1. The molecule has 0 aliphatic carbocycles. The van der Waals surface area contributed by atoms with Crippen LogP contribution in [0.15, 0.2) is 18.2 Å². The van der Waals surface area contributed by atoms with Crippen molar-refractivity contribution < 1.29 is 14.6 Å². The van der Waals surface area contributed by atoms with Gasteiger partial charge in [-0.1, -0.05) is 0 Å². The maximum absolute atomic E-state index is 12.1. The Kier molecular flexibility index (Phi) is 3.17. The quantitative estimate of drug-likeness (QED) is 0.781. The first kappa shape index (κ1) is 12.7. The molecular weight excluding hydrogens is 232 g/mol. The maximum atomic E-state index is 12.1. The van der Waals surface area contributed by atoms with Crippen LogP contribution < -0.4 is 10.5 Å². The molecule has 1 saturated heterocycles. The van der Waals surface area contributed by atoms with E-state index in [2.05, 4.69) is 0 Å². The number of benzene rings is 1. The molecule has 1 aliphatic heterocycles. The van der Waals surface area contributed by atoms with Crippen molar-refractivity contribution in [3.05, 3.63) is 23.8 Å². The van der Waals surface area contributed by atoms with Gasteiger partial charge in [0.15, 0.2) is 0 Å². The highest BCUT2D eigenvalue weighted by Crippen LogP contribution is 2.25. The molecule has 98 valence electrons. The molecule has 0 radical (unpaired) electrons. The Labute approximate surface area is 106 Å². The number of β-amino-alcohol motifs (C(OH)–C–C–N with tert-alkyl or cyclic N) is 1. The van der Waals surface area contributed by atoms with Crippen molar-refractivity contribution in [1.29, 1.82) is 0 Å². The van der Waals surface area contributed by atoms with E-state index in [9.17, 15) is 9.90 Å². The smallest absolute Gasteiger partial charge is 0.254 e. The number of carbonyl (C=O) groups excluding carboxylic acids is 1. The van der Waals surface area contributed by atoms with Crippen LogP contribution in [0.4, 0.5) is 5.69 Å². The predicted octanol–water partition coefficient (Wildman–Crippen LogP) is 0.874. The Hall–Kier alpha value is -1.75. The van der Waals surface area contributed by atoms with Gasteiger partial charge in [0.2, 0.25) is 0 Å². The first-order chi connectivity index (χ1) is 8.41. The molecule has 1 heterocycles. The lowest BCUT2D eigenvalue weighted by molar-refractivity contribution is -0.0668. The van der Waals surface area contributed by atoms with Crippen molar-refractivity contribution in [1.82, 2.24) is 4.90 Å². The maximum Gasteiger partial charge on any atom is 0.254 e. The number of carbonyl (C=O) groups is 1. The minimum atomic E-state index is -0.765. The SMILES string of the molecule is CCOc1cc(N)cc(C(=O)N2CC(C)(O)C2)c1. The van der Waals surface area contributed by atoms with Crippen LogP contribution in [0.1, 0.15) is 24.2 Å². The van der Waals surface area contributed by atoms with Crippen LogP contribution >= 0.6 is 0 Å². The van der Waals surface area contributed by atoms with Crippen molar-refractivity contribution >= 4 is 11.6 Å². The molecule has 0 spiro atoms. The average molecular weight is 250 g/mol. The van der Waals surface area contributed by atoms with Gasteiger partial charge in [0, 0.05) is 17.3 Å². The zero-order valence-corrected chi connectivity index (χ0v) is 10.6. The van der Waals surface area contributed by atoms with Crippen LogP contribution in [0.3, 0.4) is 0 Å². The summed E-state index contributed by atoms with van der Waals surface area (Å²) in [5.41, 5.74) is 5.97. The van der Waals surface area contributed by atoms with E-state index in [0.717, 1.165) is 0 Å². The van der Waals surface area contributed by atoms with Gasteiger partial charge < -0.3 is 20.5 Å². The first-order valence-corrected chi connectivity index (χ1v) is 5.96. The van der Waals surface area contributed by atoms with Gasteiger partial charge >= 0.3 is 0 Å². The molecule has 2 rings (SSSR count). The molecule has 5 nitrogen and oxygen atoms in total. The van der Waals surface area contributed by atoms with E-state index in [-0.39, 0.29) is 5.91 Å². The highest BCUT2D eigenvalue weighted by molar-refractivity contribution is 5.96. The van der Waals surface area contributed by atoms with E-state index in [1.54, 1.807) is 30.0 Å². The third kappa shape index (κ3) is 2.56. The van der Waals surface area contributed by atoms with Gasteiger partial charge in [0.05, 0.1) is 25.3 Å². The van der Waals surface area contributed by atoms with Gasteiger partial charge in [0.25, 0.3) is 5.91 Å². The third-order valence-corrected chi connectivity index (χ3v) is 2.84. The van der Waals surface area contributed by atoms with Crippen molar-refractivity contribution in [3.8, 4) is 5.75 Å². The average Bonchev–Trinajstić information content (AvgIpc) is 2.24. The van der Waals surface area contributed by atoms with E-state index >= 15 is 0 Å². The number of anilines is 1. The number of nitrogens with two attached hydrogens (primary N) is 1. The second-order valence-corrected chi connectivity index (χ2v) is 4.88. The lowest BCUT2D eigenvalue weighted by Crippen LogP contribution is -2.61. The highest BCUT2D eigenvalue weighted by atomic mass is 16.5. The minimum Gasteiger partial charge on any atom is -0.494 e. The van der Waals surface area contributed by atoms with Crippen molar-refractivity contribution in [2.24, 2.45) is 0 Å². The molecule has 1 aliphatic rings. The van der Waals surface area contributed by atoms with Gasteiger partial charge in [0.1, 0.15) is 5.75 Å². The monoisotopic (exact) mass is 250 g/mol. The number of nitrogen functional groups attached to an aromatic ring is 1. The molecule has 1 amide bonds. The van der Waals surface area contributed by atoms with E-state index in [1.807, 2.05) is 6.92 Å². The molecule has 0 aromatic heterocycles. The van der Waals surface area contributed by atoms with E-state index in [0.29, 0.717) is 36.7 Å². The fraction of sp³-hybridized carbons (Fsp3) is 0.462. The molecule has 1 aromatic carbocycles. The zero-order chi connectivity index (χ0) is 13.3. The van der Waals surface area contributed by atoms with E-state index < -0.39 is 5.60 Å². The molecule has 5 heteroatoms. The fourth-order valence-corrected chi connectivity index (χ4v) is 2.10. The minimum absolute atomic E-state index is 0.130. The van der Waals surface area contributed by atoms with Crippen molar-refractivity contribution in [2.45, 2.75) is 19.4 Å². The van der Waals surface area contributed by atoms with E-state index in [1.165, 1.54) is 0 Å².